The van der Waals surface area contributed by atoms with Gasteiger partial charge in [-0.1, -0.05) is 48.5 Å². The molecule has 148 valence electrons. The first-order valence-electron chi connectivity index (χ1n) is 9.86. The van der Waals surface area contributed by atoms with Crippen LogP contribution in [0.5, 0.6) is 0 Å². The number of nitrogens with zero attached hydrogens (tertiary/aromatic N) is 3. The molecule has 1 aliphatic rings. The van der Waals surface area contributed by atoms with Crippen LogP contribution in [0.25, 0.3) is 38.4 Å². The molecule has 0 atom stereocenters. The molecule has 2 aromatic carbocycles. The van der Waals surface area contributed by atoms with Crippen molar-refractivity contribution in [2.24, 2.45) is 0 Å². The number of carbonyl (C=O) groups excluding carboxylic acids is 2. The minimum absolute atomic E-state index is 0.370. The zero-order valence-electron chi connectivity index (χ0n) is 16.5. The van der Waals surface area contributed by atoms with Crippen LogP contribution in [0, 0.1) is 6.92 Å². The maximum absolute atomic E-state index is 13.3. The third-order valence-electron chi connectivity index (χ3n) is 5.62. The predicted molar refractivity (Wildman–Crippen MR) is 121 cm³/mol. The lowest BCUT2D eigenvalue weighted by Crippen LogP contribution is -2.23. The van der Waals surface area contributed by atoms with E-state index in [2.05, 4.69) is 0 Å². The minimum Gasteiger partial charge on any atom is -0.285 e. The van der Waals surface area contributed by atoms with Crippen molar-refractivity contribution in [3.05, 3.63) is 88.9 Å². The van der Waals surface area contributed by atoms with Gasteiger partial charge >= 0.3 is 0 Å². The van der Waals surface area contributed by atoms with Gasteiger partial charge in [-0.05, 0) is 30.5 Å². The van der Waals surface area contributed by atoms with Gasteiger partial charge in [0.15, 0.2) is 5.65 Å². The highest BCUT2D eigenvalue weighted by Gasteiger charge is 2.36. The Bertz CT molecular complexity index is 1520. The van der Waals surface area contributed by atoms with Crippen LogP contribution in [0.4, 0.5) is 0 Å². The maximum Gasteiger partial charge on any atom is 0.236 e. The first-order valence-corrected chi connectivity index (χ1v) is 10.7. The summed E-state index contributed by atoms with van der Waals surface area (Å²) in [5, 5.41) is 7.53. The van der Waals surface area contributed by atoms with Gasteiger partial charge in [0, 0.05) is 21.6 Å². The zero-order valence-corrected chi connectivity index (χ0v) is 17.3. The monoisotopic (exact) mass is 421 g/mol. The van der Waals surface area contributed by atoms with Crippen molar-refractivity contribution in [2.45, 2.75) is 6.92 Å². The number of hydrogen-bond donors (Lipinski definition) is 0. The van der Waals surface area contributed by atoms with Crippen molar-refractivity contribution in [2.75, 3.05) is 0 Å². The predicted octanol–water partition coefficient (Wildman–Crippen LogP) is 5.50. The summed E-state index contributed by atoms with van der Waals surface area (Å²) < 4.78 is 1.81. The number of rotatable bonds is 2. The van der Waals surface area contributed by atoms with Gasteiger partial charge in [-0.15, -0.1) is 11.3 Å². The van der Waals surface area contributed by atoms with Crippen molar-refractivity contribution in [1.29, 1.82) is 0 Å². The fraction of sp³-hybridized carbons (Fsp3) is 0.0400. The van der Waals surface area contributed by atoms with E-state index in [1.54, 1.807) is 12.1 Å². The van der Waals surface area contributed by atoms with Crippen LogP contribution >= 0.6 is 11.3 Å². The topological polar surface area (TPSA) is 64.8 Å². The number of benzene rings is 2. The molecule has 6 rings (SSSR count). The van der Waals surface area contributed by atoms with Crippen molar-refractivity contribution in [1.82, 2.24) is 14.8 Å². The molecule has 31 heavy (non-hydrogen) atoms. The molecule has 0 unspecified atom stereocenters. The number of pyridine rings is 1. The summed E-state index contributed by atoms with van der Waals surface area (Å²) in [5.41, 5.74) is 5.04. The number of aryl methyl sites for hydroxylation is 1. The van der Waals surface area contributed by atoms with Gasteiger partial charge in [-0.25, -0.2) is 9.67 Å². The normalized spacial score (nSPS) is 12.8. The zero-order chi connectivity index (χ0) is 21.1. The highest BCUT2D eigenvalue weighted by Crippen LogP contribution is 2.43. The third kappa shape index (κ3) is 2.49. The number of thiophene rings is 1. The summed E-state index contributed by atoms with van der Waals surface area (Å²) in [6, 6.07) is 20.9. The SMILES string of the molecule is Cc1nn(-c2ccccc2)c2nc3c(c(-c4cccs4)c12)C(=O)C(=O)c1ccccc1-3. The number of ketones is 2. The van der Waals surface area contributed by atoms with E-state index >= 15 is 0 Å². The van der Waals surface area contributed by atoms with Crippen LogP contribution in [0.3, 0.4) is 0 Å². The Kier molecular flexibility index (Phi) is 3.79. The molecule has 0 saturated carbocycles. The van der Waals surface area contributed by atoms with E-state index in [0.29, 0.717) is 28.0 Å². The maximum atomic E-state index is 13.3. The molecule has 3 aromatic heterocycles. The van der Waals surface area contributed by atoms with E-state index in [-0.39, 0.29) is 0 Å². The molecule has 0 radical (unpaired) electrons. The van der Waals surface area contributed by atoms with Crippen LogP contribution in [-0.2, 0) is 0 Å². The summed E-state index contributed by atoms with van der Waals surface area (Å²) in [7, 11) is 0. The Balaban J connectivity index is 1.82. The largest absolute Gasteiger partial charge is 0.285 e. The number of Topliss-reactive ketones (excluding diaryl/α,β-unsaturated/α-hetero) is 2. The Labute approximate surface area is 181 Å². The Morgan fingerprint density at radius 3 is 2.29 bits per heavy atom. The quantitative estimate of drug-likeness (QED) is 0.353. The fourth-order valence-electron chi connectivity index (χ4n) is 4.27. The van der Waals surface area contributed by atoms with Gasteiger partial charge in [0.05, 0.1) is 28.0 Å². The van der Waals surface area contributed by atoms with Crippen LogP contribution in [-0.4, -0.2) is 26.3 Å². The lowest BCUT2D eigenvalue weighted by molar-refractivity contribution is 0.0815. The average molecular weight is 421 g/mol. The number of para-hydroxylation sites is 1. The van der Waals surface area contributed by atoms with Crippen molar-refractivity contribution >= 4 is 33.9 Å². The van der Waals surface area contributed by atoms with Crippen LogP contribution < -0.4 is 0 Å². The Morgan fingerprint density at radius 2 is 1.55 bits per heavy atom. The first kappa shape index (κ1) is 17.9. The molecule has 3 heterocycles. The molecule has 6 heteroatoms. The molecular formula is C25H15N3O2S. The molecule has 0 fully saturated rings. The Hall–Kier alpha value is -3.90. The van der Waals surface area contributed by atoms with E-state index in [1.165, 1.54) is 11.3 Å². The molecular weight excluding hydrogens is 406 g/mol. The minimum atomic E-state index is -0.515. The first-order chi connectivity index (χ1) is 15.1. The van der Waals surface area contributed by atoms with Crippen LogP contribution in [0.1, 0.15) is 26.4 Å². The third-order valence-corrected chi connectivity index (χ3v) is 6.51. The molecule has 0 spiro atoms. The average Bonchev–Trinajstić information content (AvgIpc) is 3.45. The molecule has 0 aliphatic heterocycles. The second-order valence-corrected chi connectivity index (χ2v) is 8.37. The summed E-state index contributed by atoms with van der Waals surface area (Å²) in [6.45, 7) is 1.91. The molecule has 1 aliphatic carbocycles. The van der Waals surface area contributed by atoms with Gasteiger partial charge < -0.3 is 0 Å². The standard InChI is InChI=1S/C25H15N3O2S/c1-14-19-20(18-12-7-13-31-18)21-22(16-10-5-6-11-17(16)23(29)24(21)30)26-25(19)28(27-14)15-8-3-2-4-9-15/h2-13H,1H3. The van der Waals surface area contributed by atoms with Gasteiger partial charge in [0.1, 0.15) is 0 Å². The Morgan fingerprint density at radius 1 is 0.806 bits per heavy atom. The number of fused-ring (bicyclic) bond motifs is 4. The van der Waals surface area contributed by atoms with Crippen molar-refractivity contribution < 1.29 is 9.59 Å². The van der Waals surface area contributed by atoms with E-state index in [4.69, 9.17) is 10.1 Å². The summed E-state index contributed by atoms with van der Waals surface area (Å²) in [6.07, 6.45) is 0. The van der Waals surface area contributed by atoms with Crippen molar-refractivity contribution in [3.8, 4) is 27.4 Å². The molecule has 5 aromatic rings. The lowest BCUT2D eigenvalue weighted by Gasteiger charge is -2.20. The number of hydrogen-bond acceptors (Lipinski definition) is 5. The summed E-state index contributed by atoms with van der Waals surface area (Å²) in [5.74, 6) is -1.01. The lowest BCUT2D eigenvalue weighted by atomic mass is 9.83. The van der Waals surface area contributed by atoms with Gasteiger partial charge in [0.25, 0.3) is 0 Å². The number of carbonyl (C=O) groups is 2. The van der Waals surface area contributed by atoms with E-state index in [1.807, 2.05) is 71.6 Å². The highest BCUT2D eigenvalue weighted by atomic mass is 32.1. The van der Waals surface area contributed by atoms with E-state index in [0.717, 1.165) is 27.2 Å². The second-order valence-electron chi connectivity index (χ2n) is 7.42. The van der Waals surface area contributed by atoms with Crippen molar-refractivity contribution in [3.63, 3.8) is 0 Å². The molecule has 0 saturated heterocycles. The number of aromatic nitrogens is 3. The molecule has 0 N–H and O–H groups in total. The fourth-order valence-corrected chi connectivity index (χ4v) is 5.05. The summed E-state index contributed by atoms with van der Waals surface area (Å²) in [4.78, 5) is 32.1. The highest BCUT2D eigenvalue weighted by molar-refractivity contribution is 7.13. The van der Waals surface area contributed by atoms with Crippen LogP contribution in [0.2, 0.25) is 0 Å². The van der Waals surface area contributed by atoms with Crippen LogP contribution in [0.15, 0.2) is 72.1 Å². The molecule has 5 nitrogen and oxygen atoms in total. The van der Waals surface area contributed by atoms with Gasteiger partial charge in [-0.2, -0.15) is 5.10 Å². The van der Waals surface area contributed by atoms with E-state index in [9.17, 15) is 9.59 Å². The molecule has 0 bridgehead atoms. The smallest absolute Gasteiger partial charge is 0.236 e. The van der Waals surface area contributed by atoms with Gasteiger partial charge in [-0.3, -0.25) is 9.59 Å². The summed E-state index contributed by atoms with van der Waals surface area (Å²) >= 11 is 1.53. The molecule has 0 amide bonds. The second kappa shape index (κ2) is 6.55. The van der Waals surface area contributed by atoms with Gasteiger partial charge in [0.2, 0.25) is 11.6 Å². The van der Waals surface area contributed by atoms with E-state index < -0.39 is 11.6 Å².